The fourth-order valence-corrected chi connectivity index (χ4v) is 3.57. The van der Waals surface area contributed by atoms with E-state index in [9.17, 15) is 14.4 Å². The standard InChI is InChI=1S/C19H23IO9/c1-10(21)25-16-15(9-20)29-19(28-14-7-5-13(24-4)6-8-14)18(27-12(3)23)17(16)26-11(2)22/h5-8,15-19H,9H2,1-4H3. The van der Waals surface area contributed by atoms with Gasteiger partial charge in [-0.1, -0.05) is 22.6 Å². The normalized spacial score (nSPS) is 26.2. The van der Waals surface area contributed by atoms with Crippen molar-refractivity contribution in [2.75, 3.05) is 11.5 Å². The molecule has 1 saturated heterocycles. The molecular weight excluding hydrogens is 499 g/mol. The van der Waals surface area contributed by atoms with Crippen molar-refractivity contribution in [1.29, 1.82) is 0 Å². The van der Waals surface area contributed by atoms with Crippen LogP contribution in [0.4, 0.5) is 0 Å². The highest BCUT2D eigenvalue weighted by Crippen LogP contribution is 2.31. The largest absolute Gasteiger partial charge is 0.497 e. The first-order valence-electron chi connectivity index (χ1n) is 8.79. The fraction of sp³-hybridized carbons (Fsp3) is 0.526. The molecule has 0 saturated carbocycles. The zero-order valence-corrected chi connectivity index (χ0v) is 18.6. The van der Waals surface area contributed by atoms with Crippen molar-refractivity contribution in [1.82, 2.24) is 0 Å². The highest BCUT2D eigenvalue weighted by Gasteiger charge is 2.52. The van der Waals surface area contributed by atoms with Crippen LogP contribution < -0.4 is 9.47 Å². The molecule has 1 aromatic carbocycles. The van der Waals surface area contributed by atoms with Crippen LogP contribution in [-0.4, -0.2) is 60.2 Å². The molecule has 0 amide bonds. The molecule has 2 rings (SSSR count). The lowest BCUT2D eigenvalue weighted by atomic mass is 9.99. The van der Waals surface area contributed by atoms with Crippen LogP contribution in [0.15, 0.2) is 24.3 Å². The minimum Gasteiger partial charge on any atom is -0.497 e. The first-order chi connectivity index (χ1) is 13.7. The van der Waals surface area contributed by atoms with Crippen molar-refractivity contribution >= 4 is 40.5 Å². The van der Waals surface area contributed by atoms with Gasteiger partial charge in [-0.3, -0.25) is 14.4 Å². The minimum absolute atomic E-state index is 0.405. The molecule has 5 atom stereocenters. The quantitative estimate of drug-likeness (QED) is 0.230. The topological polar surface area (TPSA) is 107 Å². The third-order valence-corrected chi connectivity index (χ3v) is 4.83. The Morgan fingerprint density at radius 3 is 1.83 bits per heavy atom. The van der Waals surface area contributed by atoms with E-state index in [1.807, 2.05) is 0 Å². The summed E-state index contributed by atoms with van der Waals surface area (Å²) in [5.41, 5.74) is 0. The van der Waals surface area contributed by atoms with Gasteiger partial charge in [-0.05, 0) is 24.3 Å². The summed E-state index contributed by atoms with van der Waals surface area (Å²) in [5.74, 6) is -0.777. The maximum atomic E-state index is 11.7. The van der Waals surface area contributed by atoms with E-state index in [0.717, 1.165) is 0 Å². The molecule has 1 aliphatic rings. The van der Waals surface area contributed by atoms with E-state index >= 15 is 0 Å². The first kappa shape index (κ1) is 23.2. The zero-order valence-electron chi connectivity index (χ0n) is 16.5. The second-order valence-electron chi connectivity index (χ2n) is 6.21. The van der Waals surface area contributed by atoms with Gasteiger partial charge in [0.2, 0.25) is 12.4 Å². The third-order valence-electron chi connectivity index (χ3n) is 3.96. The number of rotatable bonds is 7. The van der Waals surface area contributed by atoms with Crippen LogP contribution in [0.5, 0.6) is 11.5 Å². The average Bonchev–Trinajstić information content (AvgIpc) is 2.65. The van der Waals surface area contributed by atoms with E-state index in [-0.39, 0.29) is 0 Å². The predicted octanol–water partition coefficient (Wildman–Crippen LogP) is 2.03. The molecule has 0 aliphatic carbocycles. The molecule has 0 radical (unpaired) electrons. The molecule has 0 bridgehead atoms. The van der Waals surface area contributed by atoms with Gasteiger partial charge in [0.25, 0.3) is 0 Å². The van der Waals surface area contributed by atoms with E-state index in [4.69, 9.17) is 28.4 Å². The average molecular weight is 522 g/mol. The number of halogens is 1. The molecule has 9 nitrogen and oxygen atoms in total. The third kappa shape index (κ3) is 6.46. The van der Waals surface area contributed by atoms with Gasteiger partial charge in [0.05, 0.1) is 7.11 Å². The molecule has 1 aliphatic heterocycles. The summed E-state index contributed by atoms with van der Waals surface area (Å²) < 4.78 is 33.4. The Hall–Kier alpha value is -2.08. The second-order valence-corrected chi connectivity index (χ2v) is 7.09. The molecule has 29 heavy (non-hydrogen) atoms. The Labute approximate surface area is 182 Å². The lowest BCUT2D eigenvalue weighted by Crippen LogP contribution is -2.63. The number of alkyl halides is 1. The Balaban J connectivity index is 2.37. The predicted molar refractivity (Wildman–Crippen MR) is 108 cm³/mol. The van der Waals surface area contributed by atoms with Crippen LogP contribution in [-0.2, 0) is 33.3 Å². The Morgan fingerprint density at radius 2 is 1.34 bits per heavy atom. The van der Waals surface area contributed by atoms with Crippen LogP contribution in [0.2, 0.25) is 0 Å². The monoisotopic (exact) mass is 522 g/mol. The number of esters is 3. The second kappa shape index (κ2) is 10.6. The van der Waals surface area contributed by atoms with E-state index < -0.39 is 48.6 Å². The number of hydrogen-bond donors (Lipinski definition) is 0. The van der Waals surface area contributed by atoms with Crippen LogP contribution >= 0.6 is 22.6 Å². The molecular formula is C19H23IO9. The molecule has 1 aromatic rings. The van der Waals surface area contributed by atoms with E-state index in [1.165, 1.54) is 20.8 Å². The lowest BCUT2D eigenvalue weighted by molar-refractivity contribution is -0.279. The van der Waals surface area contributed by atoms with Gasteiger partial charge < -0.3 is 28.4 Å². The molecule has 10 heteroatoms. The molecule has 0 N–H and O–H groups in total. The van der Waals surface area contributed by atoms with Crippen LogP contribution in [0.1, 0.15) is 20.8 Å². The Bertz CT molecular complexity index is 721. The number of methoxy groups -OCH3 is 1. The summed E-state index contributed by atoms with van der Waals surface area (Å²) >= 11 is 2.06. The van der Waals surface area contributed by atoms with Gasteiger partial charge in [0, 0.05) is 25.2 Å². The summed E-state index contributed by atoms with van der Waals surface area (Å²) in [5, 5.41) is 0. The summed E-state index contributed by atoms with van der Waals surface area (Å²) in [6, 6.07) is 6.70. The van der Waals surface area contributed by atoms with Gasteiger partial charge in [-0.2, -0.15) is 0 Å². The van der Waals surface area contributed by atoms with Gasteiger partial charge in [0.1, 0.15) is 17.6 Å². The van der Waals surface area contributed by atoms with Gasteiger partial charge in [-0.25, -0.2) is 0 Å². The highest BCUT2D eigenvalue weighted by atomic mass is 127. The van der Waals surface area contributed by atoms with Gasteiger partial charge in [-0.15, -0.1) is 0 Å². The van der Waals surface area contributed by atoms with Gasteiger partial charge >= 0.3 is 17.9 Å². The number of carbonyl (C=O) groups excluding carboxylic acids is 3. The van der Waals surface area contributed by atoms with Crippen molar-refractivity contribution in [2.24, 2.45) is 0 Å². The van der Waals surface area contributed by atoms with Crippen LogP contribution in [0.25, 0.3) is 0 Å². The number of hydrogen-bond acceptors (Lipinski definition) is 9. The molecule has 5 unspecified atom stereocenters. The fourth-order valence-electron chi connectivity index (χ4n) is 2.86. The number of benzene rings is 1. The molecule has 1 fully saturated rings. The maximum Gasteiger partial charge on any atom is 0.303 e. The van der Waals surface area contributed by atoms with E-state index in [0.29, 0.717) is 15.9 Å². The lowest BCUT2D eigenvalue weighted by Gasteiger charge is -2.43. The number of carbonyl (C=O) groups is 3. The van der Waals surface area contributed by atoms with Gasteiger partial charge in [0.15, 0.2) is 12.2 Å². The summed E-state index contributed by atoms with van der Waals surface area (Å²) in [4.78, 5) is 35.0. The zero-order chi connectivity index (χ0) is 21.6. The Kier molecular flexibility index (Phi) is 8.50. The van der Waals surface area contributed by atoms with Crippen molar-refractivity contribution in [3.63, 3.8) is 0 Å². The summed E-state index contributed by atoms with van der Waals surface area (Å²) in [7, 11) is 1.54. The SMILES string of the molecule is COc1ccc(OC2OC(CI)C(OC(C)=O)C(OC(C)=O)C2OC(C)=O)cc1. The van der Waals surface area contributed by atoms with Crippen molar-refractivity contribution < 1.29 is 42.8 Å². The molecule has 160 valence electrons. The van der Waals surface area contributed by atoms with Crippen molar-refractivity contribution in [3.8, 4) is 11.5 Å². The molecule has 1 heterocycles. The van der Waals surface area contributed by atoms with Crippen LogP contribution in [0.3, 0.4) is 0 Å². The Morgan fingerprint density at radius 1 is 0.862 bits per heavy atom. The minimum atomic E-state index is -1.15. The van der Waals surface area contributed by atoms with E-state index in [1.54, 1.807) is 31.4 Å². The summed E-state index contributed by atoms with van der Waals surface area (Å²) in [6.07, 6.45) is -4.96. The summed E-state index contributed by atoms with van der Waals surface area (Å²) in [6.45, 7) is 3.65. The number of ether oxygens (including phenoxy) is 6. The molecule has 0 spiro atoms. The first-order valence-corrected chi connectivity index (χ1v) is 10.3. The van der Waals surface area contributed by atoms with Crippen molar-refractivity contribution in [3.05, 3.63) is 24.3 Å². The van der Waals surface area contributed by atoms with Crippen LogP contribution in [0, 0.1) is 0 Å². The van der Waals surface area contributed by atoms with Crippen molar-refractivity contribution in [2.45, 2.75) is 51.5 Å². The smallest absolute Gasteiger partial charge is 0.303 e. The maximum absolute atomic E-state index is 11.7. The molecule has 0 aromatic heterocycles. The van der Waals surface area contributed by atoms with E-state index in [2.05, 4.69) is 22.6 Å². The highest BCUT2D eigenvalue weighted by molar-refractivity contribution is 14.1.